The molecule has 0 saturated heterocycles. The van der Waals surface area contributed by atoms with E-state index >= 15 is 0 Å². The number of fused-ring (bicyclic) bond motifs is 3. The summed E-state index contributed by atoms with van der Waals surface area (Å²) in [5.74, 6) is 0.915. The summed E-state index contributed by atoms with van der Waals surface area (Å²) in [7, 11) is -0.739. The molecule has 1 aliphatic heterocycles. The van der Waals surface area contributed by atoms with Gasteiger partial charge in [0.25, 0.3) is 0 Å². The summed E-state index contributed by atoms with van der Waals surface area (Å²) < 4.78 is 12.0. The van der Waals surface area contributed by atoms with Crippen molar-refractivity contribution >= 4 is 20.4 Å². The van der Waals surface area contributed by atoms with Crippen molar-refractivity contribution in [2.24, 2.45) is 0 Å². The Kier molecular flexibility index (Phi) is 4.62. The van der Waals surface area contributed by atoms with Gasteiger partial charge in [0, 0.05) is 6.42 Å². The van der Waals surface area contributed by atoms with Crippen LogP contribution in [0.15, 0.2) is 17.5 Å². The zero-order valence-corrected chi connectivity index (χ0v) is 16.3. The van der Waals surface area contributed by atoms with Crippen LogP contribution in [0.5, 0.6) is 5.75 Å². The third kappa shape index (κ3) is 3.52. The molecule has 3 heterocycles. The molecule has 0 N–H and O–H groups in total. The van der Waals surface area contributed by atoms with Crippen LogP contribution in [0.2, 0.25) is 13.1 Å². The van der Waals surface area contributed by atoms with Crippen LogP contribution < -0.4 is 4.74 Å². The largest absolute Gasteiger partial charge is 0.491 e. The Morgan fingerprint density at radius 2 is 2.13 bits per heavy atom. The van der Waals surface area contributed by atoms with Crippen LogP contribution >= 0.6 is 11.3 Å². The third-order valence-corrected chi connectivity index (χ3v) is 5.65. The molecule has 0 aliphatic carbocycles. The lowest BCUT2D eigenvalue weighted by molar-refractivity contribution is 0.302. The molecule has 5 heteroatoms. The first-order chi connectivity index (χ1) is 10.9. The van der Waals surface area contributed by atoms with E-state index in [1.165, 1.54) is 16.0 Å². The van der Waals surface area contributed by atoms with E-state index in [0.29, 0.717) is 6.61 Å². The first-order valence-electron chi connectivity index (χ1n) is 8.03. The second-order valence-corrected chi connectivity index (χ2v) is 10.2. The monoisotopic (exact) mass is 346 g/mol. The Morgan fingerprint density at radius 3 is 2.83 bits per heavy atom. The maximum atomic E-state index is 6.02. The molecule has 0 bridgehead atoms. The molecule has 3 nitrogen and oxygen atoms in total. The molecule has 123 valence electrons. The van der Waals surface area contributed by atoms with Crippen LogP contribution in [0.1, 0.15) is 37.6 Å². The van der Waals surface area contributed by atoms with Crippen LogP contribution in [0.3, 0.4) is 0 Å². The van der Waals surface area contributed by atoms with Gasteiger partial charge in [-0.2, -0.15) is 0 Å². The van der Waals surface area contributed by atoms with Crippen LogP contribution in [-0.2, 0) is 22.9 Å². The van der Waals surface area contributed by atoms with E-state index in [-0.39, 0.29) is 5.41 Å². The molecule has 0 spiro atoms. The molecule has 2 aromatic rings. The molecule has 0 unspecified atom stereocenters. The number of ether oxygens (including phenoxy) is 1. The first kappa shape index (κ1) is 16.7. The van der Waals surface area contributed by atoms with Crippen LogP contribution in [-0.4, -0.2) is 20.6 Å². The molecule has 1 radical (unpaired) electrons. The smallest absolute Gasteiger partial charge is 0.205 e. The van der Waals surface area contributed by atoms with Crippen LogP contribution in [0, 0.1) is 0 Å². The highest BCUT2D eigenvalue weighted by Gasteiger charge is 2.26. The molecule has 23 heavy (non-hydrogen) atoms. The zero-order chi connectivity index (χ0) is 16.6. The number of rotatable bonds is 3. The van der Waals surface area contributed by atoms with Gasteiger partial charge in [0.2, 0.25) is 9.04 Å². The number of hydrogen-bond acceptors (Lipinski definition) is 4. The van der Waals surface area contributed by atoms with E-state index in [1.807, 2.05) is 0 Å². The van der Waals surface area contributed by atoms with Gasteiger partial charge in [-0.25, -0.2) is 4.98 Å². The highest BCUT2D eigenvalue weighted by molar-refractivity contribution is 7.13. The molecule has 0 aromatic carbocycles. The Hall–Kier alpha value is -1.17. The van der Waals surface area contributed by atoms with Crippen molar-refractivity contribution in [1.82, 2.24) is 4.98 Å². The quantitative estimate of drug-likeness (QED) is 0.747. The number of hydrogen-bond donors (Lipinski definition) is 0. The molecule has 0 amide bonds. The number of thiophene rings is 1. The number of pyridine rings is 1. The van der Waals surface area contributed by atoms with Gasteiger partial charge < -0.3 is 9.16 Å². The fraction of sp³-hybridized carbons (Fsp3) is 0.500. The molecule has 0 saturated carbocycles. The predicted octanol–water partition coefficient (Wildman–Crippen LogP) is 4.81. The van der Waals surface area contributed by atoms with Crippen molar-refractivity contribution < 1.29 is 9.16 Å². The minimum Gasteiger partial charge on any atom is -0.491 e. The van der Waals surface area contributed by atoms with Gasteiger partial charge in [0.1, 0.15) is 11.4 Å². The highest BCUT2D eigenvalue weighted by Crippen LogP contribution is 2.40. The van der Waals surface area contributed by atoms with E-state index in [9.17, 15) is 0 Å². The summed E-state index contributed by atoms with van der Waals surface area (Å²) in [5, 5.41) is 2.15. The molecule has 2 aromatic heterocycles. The van der Waals surface area contributed by atoms with Crippen molar-refractivity contribution in [3.63, 3.8) is 0 Å². The zero-order valence-electron chi connectivity index (χ0n) is 14.5. The maximum absolute atomic E-state index is 6.02. The normalized spacial score (nSPS) is 14.2. The topological polar surface area (TPSA) is 31.4 Å². The van der Waals surface area contributed by atoms with E-state index in [1.54, 1.807) is 11.3 Å². The molecule has 0 fully saturated rings. The minimum absolute atomic E-state index is 0.0169. The molecular formula is C18H24NO2SSi. The van der Waals surface area contributed by atoms with E-state index in [2.05, 4.69) is 51.4 Å². The lowest BCUT2D eigenvalue weighted by Gasteiger charge is -2.24. The minimum atomic E-state index is -0.739. The van der Waals surface area contributed by atoms with Gasteiger partial charge in [-0.3, -0.25) is 0 Å². The van der Waals surface area contributed by atoms with Crippen molar-refractivity contribution in [3.8, 4) is 16.3 Å². The van der Waals surface area contributed by atoms with Gasteiger partial charge in [0.15, 0.2) is 0 Å². The van der Waals surface area contributed by atoms with Gasteiger partial charge >= 0.3 is 0 Å². The summed E-state index contributed by atoms with van der Waals surface area (Å²) in [6, 6.07) is 4.38. The van der Waals surface area contributed by atoms with Gasteiger partial charge in [-0.05, 0) is 47.1 Å². The van der Waals surface area contributed by atoms with Crippen molar-refractivity contribution in [2.45, 2.75) is 52.3 Å². The lowest BCUT2D eigenvalue weighted by atomic mass is 9.85. The fourth-order valence-corrected chi connectivity index (χ4v) is 4.16. The Morgan fingerprint density at radius 1 is 1.35 bits per heavy atom. The first-order valence-corrected chi connectivity index (χ1v) is 11.3. The average Bonchev–Trinajstić information content (AvgIpc) is 2.86. The summed E-state index contributed by atoms with van der Waals surface area (Å²) in [6.45, 7) is 12.3. The fourth-order valence-electron chi connectivity index (χ4n) is 2.79. The SMILES string of the molecule is C[Si](C)OCc1nc2c(cc1C(C)(C)C)OCCc1ccsc1-2. The van der Waals surface area contributed by atoms with E-state index in [0.717, 1.165) is 30.2 Å². The number of aromatic nitrogens is 1. The second kappa shape index (κ2) is 6.38. The van der Waals surface area contributed by atoms with Crippen molar-refractivity contribution in [2.75, 3.05) is 6.61 Å². The Labute approximate surface area is 144 Å². The maximum Gasteiger partial charge on any atom is 0.205 e. The second-order valence-electron chi connectivity index (χ2n) is 7.15. The number of nitrogens with zero attached hydrogens (tertiary/aromatic N) is 1. The summed E-state index contributed by atoms with van der Waals surface area (Å²) in [6.07, 6.45) is 0.947. The Bertz CT molecular complexity index is 704. The van der Waals surface area contributed by atoms with E-state index < -0.39 is 9.04 Å². The van der Waals surface area contributed by atoms with Crippen molar-refractivity contribution in [3.05, 3.63) is 34.3 Å². The van der Waals surface area contributed by atoms with Gasteiger partial charge in [0.05, 0.1) is 23.8 Å². The third-order valence-electron chi connectivity index (χ3n) is 3.96. The molecule has 1 aliphatic rings. The van der Waals surface area contributed by atoms with Gasteiger partial charge in [-0.1, -0.05) is 20.8 Å². The Balaban J connectivity index is 2.12. The van der Waals surface area contributed by atoms with Crippen LogP contribution in [0.4, 0.5) is 0 Å². The lowest BCUT2D eigenvalue weighted by Crippen LogP contribution is -2.18. The van der Waals surface area contributed by atoms with Crippen molar-refractivity contribution in [1.29, 1.82) is 0 Å². The standard InChI is InChI=1S/C18H24NO2SSi/c1-18(2,3)13-10-15-16(19-14(13)11-21-23(4)5)17-12(6-8-20-15)7-9-22-17/h7,9-10H,6,8,11H2,1-5H3. The van der Waals surface area contributed by atoms with E-state index in [4.69, 9.17) is 14.1 Å². The average molecular weight is 347 g/mol. The molecule has 3 rings (SSSR count). The summed E-state index contributed by atoms with van der Waals surface area (Å²) >= 11 is 1.75. The van der Waals surface area contributed by atoms with Gasteiger partial charge in [-0.15, -0.1) is 11.3 Å². The molecule has 0 atom stereocenters. The highest BCUT2D eigenvalue weighted by atomic mass is 32.1. The summed E-state index contributed by atoms with van der Waals surface area (Å²) in [5.41, 5.74) is 4.61. The summed E-state index contributed by atoms with van der Waals surface area (Å²) in [4.78, 5) is 6.25. The predicted molar refractivity (Wildman–Crippen MR) is 97.7 cm³/mol. The molecular weight excluding hydrogens is 322 g/mol. The van der Waals surface area contributed by atoms with Crippen LogP contribution in [0.25, 0.3) is 10.6 Å².